The Hall–Kier alpha value is -0.120. The van der Waals surface area contributed by atoms with Gasteiger partial charge in [0.2, 0.25) is 0 Å². The van der Waals surface area contributed by atoms with Crippen molar-refractivity contribution in [1.82, 2.24) is 0 Å². The third kappa shape index (κ3) is 8.58. The summed E-state index contributed by atoms with van der Waals surface area (Å²) < 4.78 is 5.59. The average Bonchev–Trinajstić information content (AvgIpc) is 2.12. The molecule has 0 saturated heterocycles. The largest absolute Gasteiger partial charge is 0.389 e. The maximum atomic E-state index is 9.36. The molecule has 2 atom stereocenters. The molecule has 0 aromatic heterocycles. The zero-order chi connectivity index (χ0) is 13.7. The first-order valence-corrected chi connectivity index (χ1v) is 6.52. The van der Waals surface area contributed by atoms with E-state index in [4.69, 9.17) is 10.5 Å². The minimum atomic E-state index is -0.537. The molecule has 0 amide bonds. The van der Waals surface area contributed by atoms with Crippen LogP contribution < -0.4 is 5.73 Å². The second-order valence-corrected chi connectivity index (χ2v) is 7.25. The van der Waals surface area contributed by atoms with Gasteiger partial charge < -0.3 is 15.6 Å². The van der Waals surface area contributed by atoms with Crippen LogP contribution in [0.25, 0.3) is 0 Å². The van der Waals surface area contributed by atoms with Crippen LogP contribution in [0.5, 0.6) is 0 Å². The molecule has 0 aliphatic heterocycles. The third-order valence-corrected chi connectivity index (χ3v) is 2.98. The van der Waals surface area contributed by atoms with Gasteiger partial charge in [0.15, 0.2) is 0 Å². The van der Waals surface area contributed by atoms with Crippen LogP contribution in [0, 0.1) is 16.7 Å². The van der Waals surface area contributed by atoms with Crippen molar-refractivity contribution in [1.29, 1.82) is 0 Å². The summed E-state index contributed by atoms with van der Waals surface area (Å²) in [5.41, 5.74) is 5.87. The van der Waals surface area contributed by atoms with Crippen molar-refractivity contribution in [2.24, 2.45) is 22.5 Å². The lowest BCUT2D eigenvalue weighted by Gasteiger charge is -2.35. The van der Waals surface area contributed by atoms with E-state index < -0.39 is 6.10 Å². The smallest absolute Gasteiger partial charge is 0.0895 e. The van der Waals surface area contributed by atoms with Crippen molar-refractivity contribution >= 4 is 0 Å². The number of hydrogen-bond donors (Lipinski definition) is 2. The molecular weight excluding hydrogens is 214 g/mol. The zero-order valence-electron chi connectivity index (χ0n) is 12.4. The third-order valence-electron chi connectivity index (χ3n) is 2.98. The topological polar surface area (TPSA) is 55.5 Å². The van der Waals surface area contributed by atoms with E-state index in [1.165, 1.54) is 0 Å². The highest BCUT2D eigenvalue weighted by molar-refractivity contribution is 4.79. The van der Waals surface area contributed by atoms with Gasteiger partial charge in [0, 0.05) is 6.54 Å². The van der Waals surface area contributed by atoms with Crippen LogP contribution in [-0.2, 0) is 4.74 Å². The Kier molecular flexibility index (Phi) is 6.67. The molecule has 2 unspecified atom stereocenters. The molecule has 0 aliphatic carbocycles. The molecule has 104 valence electrons. The number of aliphatic hydroxyl groups excluding tert-OH is 1. The first kappa shape index (κ1) is 16.9. The summed E-state index contributed by atoms with van der Waals surface area (Å²) in [5, 5.41) is 9.36. The highest BCUT2D eigenvalue weighted by Gasteiger charge is 2.29. The Morgan fingerprint density at radius 3 is 1.94 bits per heavy atom. The molecule has 0 spiro atoms. The van der Waals surface area contributed by atoms with Gasteiger partial charge in [-0.2, -0.15) is 0 Å². The molecule has 17 heavy (non-hydrogen) atoms. The predicted octanol–water partition coefficient (Wildman–Crippen LogP) is 2.42. The summed E-state index contributed by atoms with van der Waals surface area (Å²) in [6, 6.07) is 0. The number of rotatable bonds is 6. The SMILES string of the molecule is CC(C)(C)CC(COCC(O)CN)C(C)(C)C. The van der Waals surface area contributed by atoms with E-state index in [9.17, 15) is 5.11 Å². The summed E-state index contributed by atoms with van der Waals surface area (Å²) in [4.78, 5) is 0. The van der Waals surface area contributed by atoms with Gasteiger partial charge in [0.25, 0.3) is 0 Å². The fraction of sp³-hybridized carbons (Fsp3) is 1.00. The standard InChI is InChI=1S/C14H31NO2/c1-13(2,3)7-11(14(4,5)6)9-17-10-12(16)8-15/h11-12,16H,7-10,15H2,1-6H3. The van der Waals surface area contributed by atoms with Crippen molar-refractivity contribution < 1.29 is 9.84 Å². The zero-order valence-corrected chi connectivity index (χ0v) is 12.4. The lowest BCUT2D eigenvalue weighted by atomic mass is 9.72. The fourth-order valence-corrected chi connectivity index (χ4v) is 1.77. The maximum absolute atomic E-state index is 9.36. The number of nitrogens with two attached hydrogens (primary N) is 1. The highest BCUT2D eigenvalue weighted by atomic mass is 16.5. The number of aliphatic hydroxyl groups is 1. The van der Waals surface area contributed by atoms with Gasteiger partial charge in [-0.3, -0.25) is 0 Å². The van der Waals surface area contributed by atoms with Crippen LogP contribution in [0.2, 0.25) is 0 Å². The minimum absolute atomic E-state index is 0.223. The summed E-state index contributed by atoms with van der Waals surface area (Å²) in [6.07, 6.45) is 0.583. The van der Waals surface area contributed by atoms with Crippen LogP contribution in [0.15, 0.2) is 0 Å². The monoisotopic (exact) mass is 245 g/mol. The highest BCUT2D eigenvalue weighted by Crippen LogP contribution is 2.36. The second kappa shape index (κ2) is 6.72. The summed E-state index contributed by atoms with van der Waals surface area (Å²) in [7, 11) is 0. The predicted molar refractivity (Wildman–Crippen MR) is 72.9 cm³/mol. The van der Waals surface area contributed by atoms with Gasteiger partial charge in [0.05, 0.1) is 19.3 Å². The van der Waals surface area contributed by atoms with E-state index in [0.717, 1.165) is 6.42 Å². The van der Waals surface area contributed by atoms with Crippen LogP contribution in [-0.4, -0.2) is 31.0 Å². The molecule has 0 bridgehead atoms. The first-order chi connectivity index (χ1) is 7.56. The van der Waals surface area contributed by atoms with Crippen molar-refractivity contribution in [3.63, 3.8) is 0 Å². The van der Waals surface area contributed by atoms with Crippen molar-refractivity contribution in [2.45, 2.75) is 54.1 Å². The van der Waals surface area contributed by atoms with Crippen LogP contribution in [0.3, 0.4) is 0 Å². The molecule has 0 saturated carbocycles. The minimum Gasteiger partial charge on any atom is -0.389 e. The van der Waals surface area contributed by atoms with Crippen LogP contribution in [0.4, 0.5) is 0 Å². The van der Waals surface area contributed by atoms with Crippen molar-refractivity contribution in [2.75, 3.05) is 19.8 Å². The summed E-state index contributed by atoms with van der Waals surface area (Å²) >= 11 is 0. The molecule has 0 aliphatic rings. The molecule has 0 aromatic rings. The molecule has 0 fully saturated rings. The van der Waals surface area contributed by atoms with Gasteiger partial charge in [-0.15, -0.1) is 0 Å². The maximum Gasteiger partial charge on any atom is 0.0895 e. The van der Waals surface area contributed by atoms with E-state index >= 15 is 0 Å². The molecule has 3 heteroatoms. The Morgan fingerprint density at radius 1 is 1.06 bits per heavy atom. The van der Waals surface area contributed by atoms with Crippen molar-refractivity contribution in [3.8, 4) is 0 Å². The van der Waals surface area contributed by atoms with Gasteiger partial charge in [-0.05, 0) is 23.2 Å². The van der Waals surface area contributed by atoms with E-state index in [2.05, 4.69) is 41.5 Å². The van der Waals surface area contributed by atoms with Gasteiger partial charge in [-0.25, -0.2) is 0 Å². The van der Waals surface area contributed by atoms with E-state index in [1.54, 1.807) is 0 Å². The fourth-order valence-electron chi connectivity index (χ4n) is 1.77. The Morgan fingerprint density at radius 2 is 1.59 bits per heavy atom. The molecule has 0 rings (SSSR count). The van der Waals surface area contributed by atoms with Gasteiger partial charge >= 0.3 is 0 Å². The molecule has 0 heterocycles. The number of hydrogen-bond acceptors (Lipinski definition) is 3. The Balaban J connectivity index is 4.23. The molecule has 3 N–H and O–H groups in total. The van der Waals surface area contributed by atoms with E-state index in [1.807, 2.05) is 0 Å². The Bertz CT molecular complexity index is 203. The lowest BCUT2D eigenvalue weighted by molar-refractivity contribution is -0.00629. The Labute approximate surface area is 107 Å². The van der Waals surface area contributed by atoms with Crippen LogP contribution in [0.1, 0.15) is 48.0 Å². The summed E-state index contributed by atoms with van der Waals surface area (Å²) in [6.45, 7) is 14.8. The molecule has 0 aromatic carbocycles. The van der Waals surface area contributed by atoms with Gasteiger partial charge in [0.1, 0.15) is 0 Å². The molecular formula is C14H31NO2. The second-order valence-electron chi connectivity index (χ2n) is 7.25. The van der Waals surface area contributed by atoms with E-state index in [0.29, 0.717) is 24.5 Å². The van der Waals surface area contributed by atoms with Crippen LogP contribution >= 0.6 is 0 Å². The van der Waals surface area contributed by atoms with Crippen molar-refractivity contribution in [3.05, 3.63) is 0 Å². The quantitative estimate of drug-likeness (QED) is 0.755. The van der Waals surface area contributed by atoms with E-state index in [-0.39, 0.29) is 12.0 Å². The number of ether oxygens (including phenoxy) is 1. The van der Waals surface area contributed by atoms with Gasteiger partial charge in [-0.1, -0.05) is 41.5 Å². The lowest BCUT2D eigenvalue weighted by Crippen LogP contribution is -2.32. The average molecular weight is 245 g/mol. The molecule has 0 radical (unpaired) electrons. The first-order valence-electron chi connectivity index (χ1n) is 6.52. The normalized spacial score (nSPS) is 16.9. The summed E-state index contributed by atoms with van der Waals surface area (Å²) in [5.74, 6) is 0.493. The molecule has 3 nitrogen and oxygen atoms in total.